The van der Waals surface area contributed by atoms with Gasteiger partial charge in [0, 0.05) is 16.8 Å². The summed E-state index contributed by atoms with van der Waals surface area (Å²) in [5.74, 6) is 0. The molecule has 0 aliphatic heterocycles. The van der Waals surface area contributed by atoms with E-state index in [0.29, 0.717) is 32.5 Å². The van der Waals surface area contributed by atoms with Gasteiger partial charge in [-0.15, -0.1) is 0 Å². The first-order valence-corrected chi connectivity index (χ1v) is 7.87. The number of rotatable bonds is 2. The van der Waals surface area contributed by atoms with Gasteiger partial charge >= 0.3 is 0 Å². The number of aromatic amines is 1. The van der Waals surface area contributed by atoms with Crippen LogP contribution in [0.5, 0.6) is 0 Å². The van der Waals surface area contributed by atoms with Crippen LogP contribution in [-0.2, 0) is 10.8 Å². The van der Waals surface area contributed by atoms with Gasteiger partial charge in [-0.2, -0.15) is 4.98 Å². The van der Waals surface area contributed by atoms with E-state index in [0.717, 1.165) is 0 Å². The molecule has 3 aromatic rings. The average molecular weight is 327 g/mol. The lowest BCUT2D eigenvalue weighted by molar-refractivity contribution is 0.680. The molecule has 0 radical (unpaired) electrons. The summed E-state index contributed by atoms with van der Waals surface area (Å²) >= 11 is 12.1. The number of H-pyrrole nitrogens is 1. The van der Waals surface area contributed by atoms with Gasteiger partial charge in [0.05, 0.1) is 22.1 Å². The van der Waals surface area contributed by atoms with Gasteiger partial charge in [-0.1, -0.05) is 23.2 Å². The number of nitrogens with zero attached hydrogens (tertiary/aromatic N) is 3. The van der Waals surface area contributed by atoms with Crippen molar-refractivity contribution in [1.82, 2.24) is 19.9 Å². The molecule has 2 aromatic heterocycles. The van der Waals surface area contributed by atoms with Gasteiger partial charge < -0.3 is 4.98 Å². The lowest BCUT2D eigenvalue weighted by Crippen LogP contribution is -2.00. The standard InChI is InChI=1S/C12H8Cl2N4OS/c1-20(19)12-17-9(10-11(18-12)16-5-15-10)7-3-2-6(13)4-8(7)14/h2-5H,1H3,(H,15,16,17,18). The van der Waals surface area contributed by atoms with Crippen molar-refractivity contribution < 1.29 is 4.21 Å². The Balaban J connectivity index is 2.33. The lowest BCUT2D eigenvalue weighted by Gasteiger charge is -2.06. The summed E-state index contributed by atoms with van der Waals surface area (Å²) in [7, 11) is -1.31. The van der Waals surface area contributed by atoms with Gasteiger partial charge in [-0.05, 0) is 18.2 Å². The summed E-state index contributed by atoms with van der Waals surface area (Å²) in [6.45, 7) is 0. The second-order valence-electron chi connectivity index (χ2n) is 4.03. The first-order valence-electron chi connectivity index (χ1n) is 5.56. The quantitative estimate of drug-likeness (QED) is 0.734. The molecule has 20 heavy (non-hydrogen) atoms. The Morgan fingerprint density at radius 3 is 2.75 bits per heavy atom. The highest BCUT2D eigenvalue weighted by Crippen LogP contribution is 2.32. The minimum absolute atomic E-state index is 0.214. The summed E-state index contributed by atoms with van der Waals surface area (Å²) in [6.07, 6.45) is 3.02. The maximum Gasteiger partial charge on any atom is 0.220 e. The third-order valence-electron chi connectivity index (χ3n) is 2.71. The number of imidazole rings is 1. The molecule has 1 atom stereocenters. The third kappa shape index (κ3) is 2.30. The van der Waals surface area contributed by atoms with Gasteiger partial charge in [-0.3, -0.25) is 4.21 Å². The van der Waals surface area contributed by atoms with Crippen LogP contribution in [0.2, 0.25) is 10.0 Å². The molecule has 0 saturated carbocycles. The van der Waals surface area contributed by atoms with Crippen LogP contribution in [0.4, 0.5) is 0 Å². The van der Waals surface area contributed by atoms with Crippen LogP contribution < -0.4 is 0 Å². The number of hydrogen-bond acceptors (Lipinski definition) is 4. The van der Waals surface area contributed by atoms with E-state index in [1.165, 1.54) is 12.6 Å². The van der Waals surface area contributed by atoms with E-state index in [9.17, 15) is 4.21 Å². The highest BCUT2D eigenvalue weighted by atomic mass is 35.5. The summed E-state index contributed by atoms with van der Waals surface area (Å²) in [5, 5.41) is 1.21. The van der Waals surface area contributed by atoms with Crippen molar-refractivity contribution in [1.29, 1.82) is 0 Å². The van der Waals surface area contributed by atoms with E-state index in [1.807, 2.05) is 0 Å². The highest BCUT2D eigenvalue weighted by Gasteiger charge is 2.16. The molecular weight excluding hydrogens is 319 g/mol. The molecule has 5 nitrogen and oxygen atoms in total. The summed E-state index contributed by atoms with van der Waals surface area (Å²) in [4.78, 5) is 15.5. The zero-order valence-electron chi connectivity index (χ0n) is 10.2. The Hall–Kier alpha value is -1.50. The van der Waals surface area contributed by atoms with Crippen LogP contribution in [0.3, 0.4) is 0 Å². The molecule has 8 heteroatoms. The molecular formula is C12H8Cl2N4OS. The zero-order valence-corrected chi connectivity index (χ0v) is 12.6. The third-order valence-corrected chi connectivity index (χ3v) is 3.95. The van der Waals surface area contributed by atoms with Gasteiger partial charge in [0.2, 0.25) is 5.16 Å². The number of nitrogens with one attached hydrogen (secondary N) is 1. The molecule has 2 heterocycles. The zero-order chi connectivity index (χ0) is 14.3. The number of hydrogen-bond donors (Lipinski definition) is 1. The minimum atomic E-state index is -1.31. The highest BCUT2D eigenvalue weighted by molar-refractivity contribution is 7.84. The van der Waals surface area contributed by atoms with Crippen molar-refractivity contribution in [2.24, 2.45) is 0 Å². The Kier molecular flexibility index (Phi) is 3.45. The van der Waals surface area contributed by atoms with Crippen molar-refractivity contribution in [3.05, 3.63) is 34.6 Å². The van der Waals surface area contributed by atoms with E-state index in [4.69, 9.17) is 23.2 Å². The van der Waals surface area contributed by atoms with Crippen molar-refractivity contribution in [2.45, 2.75) is 5.16 Å². The molecule has 1 unspecified atom stereocenters. The van der Waals surface area contributed by atoms with E-state index < -0.39 is 10.8 Å². The van der Waals surface area contributed by atoms with Gasteiger partial charge in [0.1, 0.15) is 11.2 Å². The summed E-state index contributed by atoms with van der Waals surface area (Å²) in [5.41, 5.74) is 2.33. The molecule has 1 N–H and O–H groups in total. The van der Waals surface area contributed by atoms with Crippen molar-refractivity contribution in [3.8, 4) is 11.3 Å². The molecule has 0 saturated heterocycles. The Morgan fingerprint density at radius 1 is 1.25 bits per heavy atom. The molecule has 0 spiro atoms. The predicted molar refractivity (Wildman–Crippen MR) is 79.5 cm³/mol. The molecule has 0 amide bonds. The number of fused-ring (bicyclic) bond motifs is 1. The lowest BCUT2D eigenvalue weighted by atomic mass is 10.1. The van der Waals surface area contributed by atoms with E-state index >= 15 is 0 Å². The first kappa shape index (κ1) is 13.5. The summed E-state index contributed by atoms with van der Waals surface area (Å²) in [6, 6.07) is 5.11. The number of aromatic nitrogens is 4. The monoisotopic (exact) mass is 326 g/mol. The van der Waals surface area contributed by atoms with E-state index in [2.05, 4.69) is 19.9 Å². The van der Waals surface area contributed by atoms with Crippen LogP contribution in [0.1, 0.15) is 0 Å². The Bertz CT molecular complexity index is 833. The fraction of sp³-hybridized carbons (Fsp3) is 0.0833. The maximum absolute atomic E-state index is 11.6. The number of halogens is 2. The van der Waals surface area contributed by atoms with Crippen molar-refractivity contribution in [2.75, 3.05) is 6.26 Å². The van der Waals surface area contributed by atoms with Crippen LogP contribution in [-0.4, -0.2) is 30.4 Å². The van der Waals surface area contributed by atoms with Crippen molar-refractivity contribution >= 4 is 45.2 Å². The first-order chi connectivity index (χ1) is 9.56. The van der Waals surface area contributed by atoms with Crippen LogP contribution >= 0.6 is 23.2 Å². The van der Waals surface area contributed by atoms with Crippen LogP contribution in [0.15, 0.2) is 29.7 Å². The molecule has 1 aromatic carbocycles. The second-order valence-corrected chi connectivity index (χ2v) is 6.15. The van der Waals surface area contributed by atoms with Crippen molar-refractivity contribution in [3.63, 3.8) is 0 Å². The fourth-order valence-corrected chi connectivity index (χ4v) is 2.75. The van der Waals surface area contributed by atoms with E-state index in [-0.39, 0.29) is 5.16 Å². The topological polar surface area (TPSA) is 71.5 Å². The summed E-state index contributed by atoms with van der Waals surface area (Å²) < 4.78 is 11.6. The second kappa shape index (κ2) is 5.12. The smallest absolute Gasteiger partial charge is 0.220 e. The van der Waals surface area contributed by atoms with Crippen LogP contribution in [0.25, 0.3) is 22.4 Å². The maximum atomic E-state index is 11.6. The van der Waals surface area contributed by atoms with Gasteiger partial charge in [0.15, 0.2) is 5.65 Å². The molecule has 0 bridgehead atoms. The molecule has 0 fully saturated rings. The van der Waals surface area contributed by atoms with Gasteiger partial charge in [0.25, 0.3) is 0 Å². The SMILES string of the molecule is CS(=O)c1nc(-c2ccc(Cl)cc2Cl)c2[nH]cnc2n1. The molecule has 0 aliphatic rings. The van der Waals surface area contributed by atoms with Crippen LogP contribution in [0, 0.1) is 0 Å². The Morgan fingerprint density at radius 2 is 2.05 bits per heavy atom. The number of benzene rings is 1. The normalized spacial score (nSPS) is 12.8. The average Bonchev–Trinajstić information content (AvgIpc) is 2.86. The molecule has 3 rings (SSSR count). The minimum Gasteiger partial charge on any atom is -0.341 e. The fourth-order valence-electron chi connectivity index (χ4n) is 1.82. The molecule has 102 valence electrons. The van der Waals surface area contributed by atoms with Gasteiger partial charge in [-0.25, -0.2) is 9.97 Å². The largest absolute Gasteiger partial charge is 0.341 e. The Labute approximate surface area is 126 Å². The predicted octanol–water partition coefficient (Wildman–Crippen LogP) is 3.06. The van der Waals surface area contributed by atoms with E-state index in [1.54, 1.807) is 18.2 Å². The molecule has 0 aliphatic carbocycles.